The smallest absolute Gasteiger partial charge is 0.00202 e. The Hall–Kier alpha value is 0.250. The van der Waals surface area contributed by atoms with Crippen LogP contribution in [0.25, 0.3) is 0 Å². The molecule has 1 heterocycles. The third-order valence-corrected chi connectivity index (χ3v) is 2.62. The Kier molecular flexibility index (Phi) is 1.75. The van der Waals surface area contributed by atoms with Gasteiger partial charge in [0.25, 0.3) is 0 Å². The molecule has 0 spiro atoms. The minimum atomic E-state index is 0. The summed E-state index contributed by atoms with van der Waals surface area (Å²) < 4.78 is 0. The van der Waals surface area contributed by atoms with E-state index in [4.69, 9.17) is 0 Å². The van der Waals surface area contributed by atoms with Gasteiger partial charge < -0.3 is 5.32 Å². The highest BCUT2D eigenvalue weighted by Crippen LogP contribution is 2.47. The normalized spacial score (nSPS) is 30.3. The molecule has 2 fully saturated rings. The minimum absolute atomic E-state index is 0. The van der Waals surface area contributed by atoms with Crippen LogP contribution >= 0.6 is 12.4 Å². The Labute approximate surface area is 62.6 Å². The van der Waals surface area contributed by atoms with E-state index >= 15 is 0 Å². The second-order valence-electron chi connectivity index (χ2n) is 3.53. The van der Waals surface area contributed by atoms with Crippen LogP contribution in [0.15, 0.2) is 0 Å². The molecule has 1 nitrogen and oxygen atoms in total. The average Bonchev–Trinajstić information content (AvgIpc) is 2.38. The molecule has 0 amide bonds. The maximum absolute atomic E-state index is 3.32. The van der Waals surface area contributed by atoms with E-state index in [2.05, 4.69) is 12.2 Å². The van der Waals surface area contributed by atoms with Crippen molar-refractivity contribution in [3.05, 3.63) is 0 Å². The second kappa shape index (κ2) is 2.14. The van der Waals surface area contributed by atoms with E-state index in [9.17, 15) is 0 Å². The van der Waals surface area contributed by atoms with Crippen LogP contribution in [0.1, 0.15) is 19.8 Å². The first-order valence-corrected chi connectivity index (χ1v) is 3.52. The van der Waals surface area contributed by atoms with Crippen molar-refractivity contribution in [3.63, 3.8) is 0 Å². The van der Waals surface area contributed by atoms with Gasteiger partial charge in [-0.3, -0.25) is 0 Å². The number of halogens is 1. The van der Waals surface area contributed by atoms with E-state index in [1.807, 2.05) is 0 Å². The minimum Gasteiger partial charge on any atom is -0.316 e. The highest BCUT2D eigenvalue weighted by atomic mass is 35.5. The van der Waals surface area contributed by atoms with Crippen molar-refractivity contribution in [1.29, 1.82) is 0 Å². The van der Waals surface area contributed by atoms with Crippen LogP contribution in [0.2, 0.25) is 0 Å². The molecule has 0 aromatic heterocycles. The molecule has 1 saturated carbocycles. The predicted octanol–water partition coefficient (Wildman–Crippen LogP) is 1.43. The number of nitrogens with one attached hydrogen (secondary N) is 1. The number of hydrogen-bond acceptors (Lipinski definition) is 1. The maximum atomic E-state index is 3.32. The van der Waals surface area contributed by atoms with Crippen LogP contribution in [0, 0.1) is 11.3 Å². The molecule has 2 heteroatoms. The van der Waals surface area contributed by atoms with Crippen molar-refractivity contribution in [1.82, 2.24) is 5.32 Å². The van der Waals surface area contributed by atoms with Gasteiger partial charge in [0, 0.05) is 13.1 Å². The fourth-order valence-electron chi connectivity index (χ4n) is 1.59. The van der Waals surface area contributed by atoms with Crippen LogP contribution in [0.4, 0.5) is 0 Å². The topological polar surface area (TPSA) is 12.0 Å². The zero-order chi connectivity index (χ0) is 5.61. The molecule has 0 bridgehead atoms. The molecule has 0 atom stereocenters. The zero-order valence-electron chi connectivity index (χ0n) is 5.81. The highest BCUT2D eigenvalue weighted by molar-refractivity contribution is 5.85. The van der Waals surface area contributed by atoms with Crippen molar-refractivity contribution >= 4 is 12.4 Å². The van der Waals surface area contributed by atoms with Crippen molar-refractivity contribution in [2.45, 2.75) is 19.8 Å². The van der Waals surface area contributed by atoms with Crippen molar-refractivity contribution < 1.29 is 0 Å². The summed E-state index contributed by atoms with van der Waals surface area (Å²) in [4.78, 5) is 0. The SMILES string of the molecule is CC1(C2CC2)CNC1.Cl. The van der Waals surface area contributed by atoms with E-state index in [0.717, 1.165) is 11.3 Å². The third kappa shape index (κ3) is 1.08. The van der Waals surface area contributed by atoms with Crippen LogP contribution in [-0.2, 0) is 0 Å². The monoisotopic (exact) mass is 147 g/mol. The lowest BCUT2D eigenvalue weighted by atomic mass is 9.79. The van der Waals surface area contributed by atoms with Gasteiger partial charge in [0.05, 0.1) is 0 Å². The Morgan fingerprint density at radius 1 is 1.33 bits per heavy atom. The lowest BCUT2D eigenvalue weighted by Crippen LogP contribution is -2.52. The first-order valence-electron chi connectivity index (χ1n) is 3.52. The molecule has 54 valence electrons. The van der Waals surface area contributed by atoms with Crippen LogP contribution in [0.5, 0.6) is 0 Å². The first-order chi connectivity index (χ1) is 3.81. The molecule has 2 rings (SSSR count). The lowest BCUT2D eigenvalue weighted by molar-refractivity contribution is 0.161. The average molecular weight is 148 g/mol. The molecule has 9 heavy (non-hydrogen) atoms. The molecule has 1 aliphatic carbocycles. The summed E-state index contributed by atoms with van der Waals surface area (Å²) in [5.41, 5.74) is 0.722. The van der Waals surface area contributed by atoms with Crippen LogP contribution < -0.4 is 5.32 Å². The predicted molar refractivity (Wildman–Crippen MR) is 40.9 cm³/mol. The van der Waals surface area contributed by atoms with Crippen molar-refractivity contribution in [3.8, 4) is 0 Å². The summed E-state index contributed by atoms with van der Waals surface area (Å²) in [7, 11) is 0. The van der Waals surface area contributed by atoms with Gasteiger partial charge in [-0.1, -0.05) is 6.92 Å². The number of rotatable bonds is 1. The molecule has 1 aliphatic heterocycles. The molecule has 1 N–H and O–H groups in total. The van der Waals surface area contributed by atoms with Gasteiger partial charge >= 0.3 is 0 Å². The first kappa shape index (κ1) is 7.36. The second-order valence-corrected chi connectivity index (χ2v) is 3.53. The third-order valence-electron chi connectivity index (χ3n) is 2.62. The maximum Gasteiger partial charge on any atom is 0.00202 e. The Balaban J connectivity index is 0.000000405. The molecule has 0 aromatic rings. The lowest BCUT2D eigenvalue weighted by Gasteiger charge is -2.39. The molecule has 0 aromatic carbocycles. The summed E-state index contributed by atoms with van der Waals surface area (Å²) >= 11 is 0. The van der Waals surface area contributed by atoms with Gasteiger partial charge in [-0.05, 0) is 24.2 Å². The van der Waals surface area contributed by atoms with E-state index in [0.29, 0.717) is 0 Å². The zero-order valence-corrected chi connectivity index (χ0v) is 6.63. The molecule has 0 unspecified atom stereocenters. The van der Waals surface area contributed by atoms with E-state index in [-0.39, 0.29) is 12.4 Å². The fourth-order valence-corrected chi connectivity index (χ4v) is 1.59. The molecular formula is C7H14ClN. The largest absolute Gasteiger partial charge is 0.316 e. The van der Waals surface area contributed by atoms with E-state index < -0.39 is 0 Å². The summed E-state index contributed by atoms with van der Waals surface area (Å²) in [6.07, 6.45) is 3.00. The van der Waals surface area contributed by atoms with Gasteiger partial charge in [0.15, 0.2) is 0 Å². The van der Waals surface area contributed by atoms with Crippen molar-refractivity contribution in [2.24, 2.45) is 11.3 Å². The van der Waals surface area contributed by atoms with Crippen molar-refractivity contribution in [2.75, 3.05) is 13.1 Å². The van der Waals surface area contributed by atoms with Gasteiger partial charge in [0.2, 0.25) is 0 Å². The Morgan fingerprint density at radius 3 is 2.00 bits per heavy atom. The summed E-state index contributed by atoms with van der Waals surface area (Å²) in [6.45, 7) is 4.95. The Morgan fingerprint density at radius 2 is 1.89 bits per heavy atom. The molecule has 1 saturated heterocycles. The molecule has 0 radical (unpaired) electrons. The molecule has 2 aliphatic rings. The van der Waals surface area contributed by atoms with Crippen LogP contribution in [-0.4, -0.2) is 13.1 Å². The van der Waals surface area contributed by atoms with Gasteiger partial charge in [-0.15, -0.1) is 12.4 Å². The quantitative estimate of drug-likeness (QED) is 0.592. The molecular weight excluding hydrogens is 134 g/mol. The Bertz CT molecular complexity index is 105. The highest BCUT2D eigenvalue weighted by Gasteiger charge is 2.45. The van der Waals surface area contributed by atoms with Crippen LogP contribution in [0.3, 0.4) is 0 Å². The summed E-state index contributed by atoms with van der Waals surface area (Å²) in [6, 6.07) is 0. The summed E-state index contributed by atoms with van der Waals surface area (Å²) in [5.74, 6) is 1.09. The van der Waals surface area contributed by atoms with Gasteiger partial charge in [0.1, 0.15) is 0 Å². The fraction of sp³-hybridized carbons (Fsp3) is 1.00. The summed E-state index contributed by atoms with van der Waals surface area (Å²) in [5, 5.41) is 3.32. The standard InChI is InChI=1S/C7H13N.ClH/c1-7(4-8-5-7)6-2-3-6;/h6,8H,2-5H2,1H3;1H. The van der Waals surface area contributed by atoms with E-state index in [1.165, 1.54) is 25.9 Å². The van der Waals surface area contributed by atoms with E-state index in [1.54, 1.807) is 0 Å². The number of hydrogen-bond donors (Lipinski definition) is 1. The van der Waals surface area contributed by atoms with Gasteiger partial charge in [-0.25, -0.2) is 0 Å². The van der Waals surface area contributed by atoms with Gasteiger partial charge in [-0.2, -0.15) is 0 Å².